The second kappa shape index (κ2) is 5.83. The first kappa shape index (κ1) is 14.5. The van der Waals surface area contributed by atoms with Crippen molar-refractivity contribution in [2.45, 2.75) is 40.2 Å². The van der Waals surface area contributed by atoms with E-state index in [4.69, 9.17) is 0 Å². The topological polar surface area (TPSA) is 45.2 Å². The van der Waals surface area contributed by atoms with Crippen LogP contribution in [0, 0.1) is 12.3 Å². The number of aliphatic hydroxyl groups is 1. The summed E-state index contributed by atoms with van der Waals surface area (Å²) in [6, 6.07) is 1.95. The Kier molecular flexibility index (Phi) is 4.95. The van der Waals surface area contributed by atoms with Gasteiger partial charge in [0.2, 0.25) is 0 Å². The van der Waals surface area contributed by atoms with Gasteiger partial charge in [0.15, 0.2) is 0 Å². The highest BCUT2D eigenvalue weighted by atomic mass is 79.9. The maximum absolute atomic E-state index is 9.90. The smallest absolute Gasteiger partial charge is 0.140 e. The van der Waals surface area contributed by atoms with Crippen LogP contribution in [0.1, 0.15) is 32.8 Å². The van der Waals surface area contributed by atoms with Gasteiger partial charge >= 0.3 is 0 Å². The van der Waals surface area contributed by atoms with Crippen LogP contribution >= 0.6 is 15.9 Å². The molecule has 1 unspecified atom stereocenters. The van der Waals surface area contributed by atoms with Crippen molar-refractivity contribution in [3.05, 3.63) is 22.3 Å². The molecule has 0 aromatic carbocycles. The van der Waals surface area contributed by atoms with Crippen molar-refractivity contribution in [1.29, 1.82) is 0 Å². The molecule has 0 saturated carbocycles. The molecule has 0 fully saturated rings. The molecule has 1 aromatic heterocycles. The van der Waals surface area contributed by atoms with E-state index in [2.05, 4.69) is 47.0 Å². The Morgan fingerprint density at radius 2 is 2.12 bits per heavy atom. The number of aryl methyl sites for hydroxylation is 1. The Bertz CT molecular complexity index is 374. The van der Waals surface area contributed by atoms with E-state index in [9.17, 15) is 5.11 Å². The van der Waals surface area contributed by atoms with E-state index in [0.29, 0.717) is 6.54 Å². The number of halogens is 1. The molecule has 4 heteroatoms. The summed E-state index contributed by atoms with van der Waals surface area (Å²) in [6.45, 7) is 8.90. The Balaban J connectivity index is 2.53. The number of nitrogens with zero attached hydrogens (tertiary/aromatic N) is 1. The average Bonchev–Trinajstić information content (AvgIpc) is 2.18. The molecule has 1 rings (SSSR count). The minimum absolute atomic E-state index is 0.137. The van der Waals surface area contributed by atoms with Crippen molar-refractivity contribution >= 4 is 21.7 Å². The van der Waals surface area contributed by atoms with E-state index in [1.165, 1.54) is 0 Å². The molecule has 0 aliphatic heterocycles. The molecule has 1 aromatic rings. The van der Waals surface area contributed by atoms with Gasteiger partial charge in [0.05, 0.1) is 10.6 Å². The lowest BCUT2D eigenvalue weighted by Gasteiger charge is -2.22. The van der Waals surface area contributed by atoms with Gasteiger partial charge in [0, 0.05) is 12.7 Å². The molecule has 0 aliphatic carbocycles. The number of hydrogen-bond acceptors (Lipinski definition) is 3. The lowest BCUT2D eigenvalue weighted by molar-refractivity contribution is 0.132. The number of anilines is 1. The molecule has 1 heterocycles. The molecule has 2 N–H and O–H groups in total. The van der Waals surface area contributed by atoms with Crippen LogP contribution in [-0.2, 0) is 0 Å². The molecule has 0 spiro atoms. The highest BCUT2D eigenvalue weighted by molar-refractivity contribution is 9.10. The predicted molar refractivity (Wildman–Crippen MR) is 75.2 cm³/mol. The van der Waals surface area contributed by atoms with Gasteiger partial charge in [-0.15, -0.1) is 0 Å². The minimum Gasteiger partial charge on any atom is -0.391 e. The maximum Gasteiger partial charge on any atom is 0.140 e. The van der Waals surface area contributed by atoms with Gasteiger partial charge in [-0.25, -0.2) is 4.98 Å². The average molecular weight is 301 g/mol. The summed E-state index contributed by atoms with van der Waals surface area (Å²) in [5.74, 6) is 0.790. The van der Waals surface area contributed by atoms with Crippen molar-refractivity contribution in [1.82, 2.24) is 4.98 Å². The van der Waals surface area contributed by atoms with Crippen LogP contribution in [0.25, 0.3) is 0 Å². The van der Waals surface area contributed by atoms with Gasteiger partial charge in [0.1, 0.15) is 5.82 Å². The molecule has 0 bridgehead atoms. The third-order valence-electron chi connectivity index (χ3n) is 2.44. The van der Waals surface area contributed by atoms with Crippen LogP contribution < -0.4 is 5.32 Å². The molecule has 1 atom stereocenters. The number of aromatic nitrogens is 1. The van der Waals surface area contributed by atoms with E-state index >= 15 is 0 Å². The van der Waals surface area contributed by atoms with Gasteiger partial charge in [-0.05, 0) is 46.3 Å². The molecule has 0 amide bonds. The largest absolute Gasteiger partial charge is 0.391 e. The van der Waals surface area contributed by atoms with Crippen molar-refractivity contribution in [2.24, 2.45) is 5.41 Å². The number of hydrogen-bond donors (Lipinski definition) is 2. The molecular formula is C13H21BrN2O. The van der Waals surface area contributed by atoms with Crippen molar-refractivity contribution in [3.8, 4) is 0 Å². The Hall–Kier alpha value is -0.610. The molecule has 3 nitrogen and oxygen atoms in total. The zero-order valence-electron chi connectivity index (χ0n) is 10.9. The third kappa shape index (κ3) is 5.04. The van der Waals surface area contributed by atoms with E-state index in [1.807, 2.05) is 13.0 Å². The van der Waals surface area contributed by atoms with E-state index in [1.54, 1.807) is 6.20 Å². The quantitative estimate of drug-likeness (QED) is 0.896. The lowest BCUT2D eigenvalue weighted by atomic mass is 9.89. The summed E-state index contributed by atoms with van der Waals surface area (Å²) in [7, 11) is 0. The second-order valence-corrected chi connectivity index (χ2v) is 6.38. The van der Waals surface area contributed by atoms with Crippen LogP contribution in [0.3, 0.4) is 0 Å². The summed E-state index contributed by atoms with van der Waals surface area (Å²) in [6.07, 6.45) is 2.17. The standard InChI is InChI=1S/C13H21BrN2O/c1-9-5-6-15-12(11(9)14)16-8-10(17)7-13(2,3)4/h5-6,10,17H,7-8H2,1-4H3,(H,15,16). The molecule has 0 aliphatic rings. The zero-order chi connectivity index (χ0) is 13.1. The number of rotatable bonds is 4. The van der Waals surface area contributed by atoms with Crippen molar-refractivity contribution in [3.63, 3.8) is 0 Å². The van der Waals surface area contributed by atoms with Gasteiger partial charge in [-0.3, -0.25) is 0 Å². The maximum atomic E-state index is 9.90. The first-order valence-electron chi connectivity index (χ1n) is 5.82. The molecular weight excluding hydrogens is 280 g/mol. The highest BCUT2D eigenvalue weighted by Gasteiger charge is 2.16. The number of pyridine rings is 1. The zero-order valence-corrected chi connectivity index (χ0v) is 12.5. The first-order valence-corrected chi connectivity index (χ1v) is 6.62. The molecule has 17 heavy (non-hydrogen) atoms. The summed E-state index contributed by atoms with van der Waals surface area (Å²) in [5, 5.41) is 13.1. The fourth-order valence-corrected chi connectivity index (χ4v) is 2.03. The van der Waals surface area contributed by atoms with Crippen molar-refractivity contribution in [2.75, 3.05) is 11.9 Å². The fourth-order valence-electron chi connectivity index (χ4n) is 1.66. The van der Waals surface area contributed by atoms with Crippen LogP contribution in [0.2, 0.25) is 0 Å². The van der Waals surface area contributed by atoms with Gasteiger partial charge in [-0.1, -0.05) is 20.8 Å². The third-order valence-corrected chi connectivity index (χ3v) is 3.44. The normalized spacial score (nSPS) is 13.5. The number of nitrogens with one attached hydrogen (secondary N) is 1. The summed E-state index contributed by atoms with van der Waals surface area (Å²) < 4.78 is 0.961. The predicted octanol–water partition coefficient (Wildman–Crippen LogP) is 3.36. The van der Waals surface area contributed by atoms with Gasteiger partial charge < -0.3 is 10.4 Å². The SMILES string of the molecule is Cc1ccnc(NCC(O)CC(C)(C)C)c1Br. The van der Waals surface area contributed by atoms with E-state index < -0.39 is 0 Å². The Labute approximate surface area is 112 Å². The van der Waals surface area contributed by atoms with Crippen LogP contribution in [-0.4, -0.2) is 22.7 Å². The van der Waals surface area contributed by atoms with E-state index in [0.717, 1.165) is 22.3 Å². The molecule has 96 valence electrons. The highest BCUT2D eigenvalue weighted by Crippen LogP contribution is 2.24. The summed E-state index contributed by atoms with van der Waals surface area (Å²) >= 11 is 3.49. The Morgan fingerprint density at radius 1 is 1.47 bits per heavy atom. The lowest BCUT2D eigenvalue weighted by Crippen LogP contribution is -2.25. The van der Waals surface area contributed by atoms with Gasteiger partial charge in [-0.2, -0.15) is 0 Å². The monoisotopic (exact) mass is 300 g/mol. The summed E-state index contributed by atoms with van der Waals surface area (Å²) in [4.78, 5) is 4.24. The molecule has 0 saturated heterocycles. The fraction of sp³-hybridized carbons (Fsp3) is 0.615. The Morgan fingerprint density at radius 3 is 2.71 bits per heavy atom. The van der Waals surface area contributed by atoms with Crippen LogP contribution in [0.15, 0.2) is 16.7 Å². The number of aliphatic hydroxyl groups excluding tert-OH is 1. The molecule has 0 radical (unpaired) electrons. The van der Waals surface area contributed by atoms with Crippen LogP contribution in [0.4, 0.5) is 5.82 Å². The van der Waals surface area contributed by atoms with E-state index in [-0.39, 0.29) is 11.5 Å². The van der Waals surface area contributed by atoms with Gasteiger partial charge in [0.25, 0.3) is 0 Å². The summed E-state index contributed by atoms with van der Waals surface area (Å²) in [5.41, 5.74) is 1.27. The second-order valence-electron chi connectivity index (χ2n) is 5.59. The van der Waals surface area contributed by atoms with Crippen LogP contribution in [0.5, 0.6) is 0 Å². The minimum atomic E-state index is -0.357. The first-order chi connectivity index (χ1) is 7.79. The van der Waals surface area contributed by atoms with Crippen molar-refractivity contribution < 1.29 is 5.11 Å².